The van der Waals surface area contributed by atoms with Crippen LogP contribution in [0.15, 0.2) is 5.38 Å². The molecule has 0 aliphatic carbocycles. The zero-order valence-electron chi connectivity index (χ0n) is 11.1. The second kappa shape index (κ2) is 6.00. The Morgan fingerprint density at radius 2 is 2.12 bits per heavy atom. The van der Waals surface area contributed by atoms with E-state index in [2.05, 4.69) is 42.3 Å². The van der Waals surface area contributed by atoms with Crippen molar-refractivity contribution in [1.29, 1.82) is 0 Å². The second-order valence-corrected chi connectivity index (χ2v) is 5.48. The van der Waals surface area contributed by atoms with Gasteiger partial charge in [-0.3, -0.25) is 0 Å². The predicted molar refractivity (Wildman–Crippen MR) is 70.8 cm³/mol. The molecule has 0 N–H and O–H groups in total. The second-order valence-electron chi connectivity index (χ2n) is 4.65. The van der Waals surface area contributed by atoms with Crippen LogP contribution in [0.2, 0.25) is 0 Å². The maximum Gasteiger partial charge on any atom is 0.357 e. The molecule has 17 heavy (non-hydrogen) atoms. The van der Waals surface area contributed by atoms with Crippen LogP contribution in [-0.2, 0) is 4.74 Å². The summed E-state index contributed by atoms with van der Waals surface area (Å²) in [6, 6.07) is 0.369. The number of aromatic nitrogens is 1. The topological polar surface area (TPSA) is 42.4 Å². The lowest BCUT2D eigenvalue weighted by Crippen LogP contribution is -2.34. The van der Waals surface area contributed by atoms with Crippen LogP contribution in [0.5, 0.6) is 0 Å². The molecule has 1 rings (SSSR count). The predicted octanol–water partition coefficient (Wildman–Crippen LogP) is 2.80. The van der Waals surface area contributed by atoms with Gasteiger partial charge in [-0.05, 0) is 19.8 Å². The fourth-order valence-corrected chi connectivity index (χ4v) is 2.44. The van der Waals surface area contributed by atoms with E-state index < -0.39 is 0 Å². The summed E-state index contributed by atoms with van der Waals surface area (Å²) in [6.45, 7) is 9.53. The summed E-state index contributed by atoms with van der Waals surface area (Å²) in [4.78, 5) is 17.9. The number of hydrogen-bond donors (Lipinski definition) is 0. The number of esters is 1. The van der Waals surface area contributed by atoms with E-state index in [0.29, 0.717) is 17.7 Å². The number of hydrogen-bond acceptors (Lipinski definition) is 5. The lowest BCUT2D eigenvalue weighted by molar-refractivity contribution is 0.0595. The zero-order valence-corrected chi connectivity index (χ0v) is 11.9. The first-order chi connectivity index (χ1) is 7.95. The molecule has 0 fully saturated rings. The van der Waals surface area contributed by atoms with Crippen LogP contribution in [0, 0.1) is 5.92 Å². The maximum atomic E-state index is 11.3. The Hall–Kier alpha value is -1.10. The van der Waals surface area contributed by atoms with Crippen molar-refractivity contribution in [2.45, 2.75) is 33.7 Å². The Labute approximate surface area is 107 Å². The molecule has 0 aliphatic heterocycles. The van der Waals surface area contributed by atoms with Gasteiger partial charge in [0.05, 0.1) is 7.11 Å². The van der Waals surface area contributed by atoms with Gasteiger partial charge in [0, 0.05) is 18.0 Å². The number of anilines is 1. The third-order valence-corrected chi connectivity index (χ3v) is 3.20. The summed E-state index contributed by atoms with van der Waals surface area (Å²) in [6.07, 6.45) is 0. The molecule has 1 aromatic rings. The van der Waals surface area contributed by atoms with Gasteiger partial charge in [0.15, 0.2) is 10.8 Å². The Kier molecular flexibility index (Phi) is 4.93. The Bertz CT molecular complexity index is 374. The van der Waals surface area contributed by atoms with Crippen LogP contribution in [0.3, 0.4) is 0 Å². The van der Waals surface area contributed by atoms with Gasteiger partial charge in [0.1, 0.15) is 0 Å². The van der Waals surface area contributed by atoms with E-state index in [9.17, 15) is 4.79 Å². The number of ether oxygens (including phenoxy) is 1. The number of methoxy groups -OCH3 is 1. The van der Waals surface area contributed by atoms with E-state index in [1.807, 2.05) is 0 Å². The van der Waals surface area contributed by atoms with Gasteiger partial charge in [-0.1, -0.05) is 13.8 Å². The van der Waals surface area contributed by atoms with E-state index in [1.54, 1.807) is 5.38 Å². The van der Waals surface area contributed by atoms with Crippen molar-refractivity contribution in [3.05, 3.63) is 11.1 Å². The zero-order chi connectivity index (χ0) is 13.0. The van der Waals surface area contributed by atoms with E-state index in [0.717, 1.165) is 11.7 Å². The molecule has 0 amide bonds. The molecule has 0 atom stereocenters. The average Bonchev–Trinajstić information content (AvgIpc) is 2.73. The molecule has 0 spiro atoms. The van der Waals surface area contributed by atoms with E-state index in [-0.39, 0.29) is 5.97 Å². The SMILES string of the molecule is COC(=O)c1csc(N(CC(C)C)C(C)C)n1. The van der Waals surface area contributed by atoms with Crippen molar-refractivity contribution in [2.75, 3.05) is 18.6 Å². The minimum atomic E-state index is -0.374. The highest BCUT2D eigenvalue weighted by Crippen LogP contribution is 2.23. The summed E-state index contributed by atoms with van der Waals surface area (Å²) in [7, 11) is 1.37. The first-order valence-electron chi connectivity index (χ1n) is 5.76. The van der Waals surface area contributed by atoms with Gasteiger partial charge in [-0.15, -0.1) is 11.3 Å². The summed E-state index contributed by atoms with van der Waals surface area (Å²) in [5.74, 6) is 0.184. The lowest BCUT2D eigenvalue weighted by atomic mass is 10.2. The molecule has 0 bridgehead atoms. The van der Waals surface area contributed by atoms with Gasteiger partial charge in [-0.25, -0.2) is 9.78 Å². The highest BCUT2D eigenvalue weighted by molar-refractivity contribution is 7.13. The van der Waals surface area contributed by atoms with Gasteiger partial charge < -0.3 is 9.64 Å². The minimum absolute atomic E-state index is 0.369. The van der Waals surface area contributed by atoms with Crippen molar-refractivity contribution in [2.24, 2.45) is 5.92 Å². The first-order valence-corrected chi connectivity index (χ1v) is 6.64. The normalized spacial score (nSPS) is 11.0. The minimum Gasteiger partial charge on any atom is -0.464 e. The highest BCUT2D eigenvalue weighted by atomic mass is 32.1. The molecular formula is C12H20N2O2S. The maximum absolute atomic E-state index is 11.3. The molecule has 0 aliphatic rings. The lowest BCUT2D eigenvalue weighted by Gasteiger charge is -2.27. The molecule has 1 heterocycles. The van der Waals surface area contributed by atoms with Crippen molar-refractivity contribution < 1.29 is 9.53 Å². The highest BCUT2D eigenvalue weighted by Gasteiger charge is 2.18. The molecule has 5 heteroatoms. The molecule has 96 valence electrons. The quantitative estimate of drug-likeness (QED) is 0.760. The fourth-order valence-electron chi connectivity index (χ4n) is 1.50. The van der Waals surface area contributed by atoms with E-state index in [1.165, 1.54) is 18.4 Å². The molecule has 0 saturated carbocycles. The van der Waals surface area contributed by atoms with E-state index >= 15 is 0 Å². The number of rotatable bonds is 5. The summed E-state index contributed by atoms with van der Waals surface area (Å²) in [5.41, 5.74) is 0.391. The van der Waals surface area contributed by atoms with Crippen molar-refractivity contribution in [3.8, 4) is 0 Å². The van der Waals surface area contributed by atoms with Gasteiger partial charge in [0.25, 0.3) is 0 Å². The largest absolute Gasteiger partial charge is 0.464 e. The van der Waals surface area contributed by atoms with Crippen LogP contribution in [0.1, 0.15) is 38.2 Å². The monoisotopic (exact) mass is 256 g/mol. The molecule has 0 aromatic carbocycles. The molecular weight excluding hydrogens is 236 g/mol. The first kappa shape index (κ1) is 14.0. The van der Waals surface area contributed by atoms with Crippen LogP contribution in [0.25, 0.3) is 0 Å². The van der Waals surface area contributed by atoms with Crippen LogP contribution in [0.4, 0.5) is 5.13 Å². The molecule has 0 unspecified atom stereocenters. The van der Waals surface area contributed by atoms with Crippen LogP contribution in [-0.4, -0.2) is 30.6 Å². The molecule has 1 aromatic heterocycles. The third-order valence-electron chi connectivity index (χ3n) is 2.32. The smallest absolute Gasteiger partial charge is 0.357 e. The van der Waals surface area contributed by atoms with E-state index in [4.69, 9.17) is 0 Å². The van der Waals surface area contributed by atoms with Crippen LogP contribution < -0.4 is 4.90 Å². The Balaban J connectivity index is 2.88. The summed E-state index contributed by atoms with van der Waals surface area (Å²) >= 11 is 1.49. The third kappa shape index (κ3) is 3.70. The van der Waals surface area contributed by atoms with Gasteiger partial charge in [0.2, 0.25) is 0 Å². The van der Waals surface area contributed by atoms with Crippen molar-refractivity contribution in [1.82, 2.24) is 4.98 Å². The summed E-state index contributed by atoms with van der Waals surface area (Å²) in [5, 5.41) is 2.63. The van der Waals surface area contributed by atoms with Crippen LogP contribution >= 0.6 is 11.3 Å². The number of thiazole rings is 1. The fraction of sp³-hybridized carbons (Fsp3) is 0.667. The number of carbonyl (C=O) groups is 1. The Morgan fingerprint density at radius 1 is 1.47 bits per heavy atom. The van der Waals surface area contributed by atoms with Gasteiger partial charge >= 0.3 is 5.97 Å². The summed E-state index contributed by atoms with van der Waals surface area (Å²) < 4.78 is 4.66. The molecule has 0 radical (unpaired) electrons. The average molecular weight is 256 g/mol. The molecule has 4 nitrogen and oxygen atoms in total. The number of nitrogens with zero attached hydrogens (tertiary/aromatic N) is 2. The molecule has 0 saturated heterocycles. The number of carbonyl (C=O) groups excluding carboxylic acids is 1. The van der Waals surface area contributed by atoms with Crippen molar-refractivity contribution in [3.63, 3.8) is 0 Å². The van der Waals surface area contributed by atoms with Crippen molar-refractivity contribution >= 4 is 22.4 Å². The Morgan fingerprint density at radius 3 is 2.59 bits per heavy atom. The van der Waals surface area contributed by atoms with Gasteiger partial charge in [-0.2, -0.15) is 0 Å². The standard InChI is InChI=1S/C12H20N2O2S/c1-8(2)6-14(9(3)4)12-13-10(7-17-12)11(15)16-5/h7-9H,6H2,1-5H3.